The summed E-state index contributed by atoms with van der Waals surface area (Å²) in [6.07, 6.45) is 2.49. The fourth-order valence-electron chi connectivity index (χ4n) is 5.03. The molecule has 1 aliphatic heterocycles. The van der Waals surface area contributed by atoms with Crippen LogP contribution in [0.15, 0.2) is 72.8 Å². The minimum atomic E-state index is -0.268. The van der Waals surface area contributed by atoms with Gasteiger partial charge >= 0.3 is 0 Å². The van der Waals surface area contributed by atoms with Crippen LogP contribution in [0.1, 0.15) is 48.0 Å². The molecule has 0 radical (unpaired) electrons. The number of carbonyl (C=O) groups excluding carboxylic acids is 2. The SMILES string of the molecule is CCC(CN1CCC(CNC(=O)c2ccc3ccccc3c2)NC(CCNC)C1=O)c1ccccc1. The van der Waals surface area contributed by atoms with Crippen LogP contribution in [0.25, 0.3) is 10.8 Å². The minimum absolute atomic E-state index is 0.0296. The van der Waals surface area contributed by atoms with E-state index >= 15 is 0 Å². The summed E-state index contributed by atoms with van der Waals surface area (Å²) < 4.78 is 0. The van der Waals surface area contributed by atoms with Crippen molar-refractivity contribution in [3.05, 3.63) is 83.9 Å². The quantitative estimate of drug-likeness (QED) is 0.406. The molecule has 0 bridgehead atoms. The predicted molar refractivity (Wildman–Crippen MR) is 146 cm³/mol. The summed E-state index contributed by atoms with van der Waals surface area (Å²) in [4.78, 5) is 28.5. The highest BCUT2D eigenvalue weighted by molar-refractivity contribution is 5.98. The highest BCUT2D eigenvalue weighted by atomic mass is 16.2. The van der Waals surface area contributed by atoms with Gasteiger partial charge in [0, 0.05) is 37.2 Å². The molecule has 3 aromatic carbocycles. The maximum atomic E-state index is 13.5. The molecule has 3 N–H and O–H groups in total. The molecular formula is C30H38N4O2. The highest BCUT2D eigenvalue weighted by Crippen LogP contribution is 2.22. The number of nitrogens with zero attached hydrogens (tertiary/aromatic N) is 1. The second-order valence-electron chi connectivity index (χ2n) is 9.67. The van der Waals surface area contributed by atoms with E-state index in [9.17, 15) is 9.59 Å². The van der Waals surface area contributed by atoms with Crippen molar-refractivity contribution in [1.29, 1.82) is 0 Å². The average molecular weight is 487 g/mol. The number of hydrogen-bond donors (Lipinski definition) is 3. The second-order valence-corrected chi connectivity index (χ2v) is 9.67. The number of hydrogen-bond acceptors (Lipinski definition) is 4. The molecule has 4 rings (SSSR count). The average Bonchev–Trinajstić information content (AvgIpc) is 3.07. The second kappa shape index (κ2) is 12.7. The lowest BCUT2D eigenvalue weighted by Gasteiger charge is -2.28. The molecule has 36 heavy (non-hydrogen) atoms. The Labute approximate surface area is 214 Å². The van der Waals surface area contributed by atoms with Crippen LogP contribution in [0.3, 0.4) is 0 Å². The van der Waals surface area contributed by atoms with E-state index in [-0.39, 0.29) is 23.9 Å². The Bertz CT molecular complexity index is 1150. The first-order valence-corrected chi connectivity index (χ1v) is 13.1. The van der Waals surface area contributed by atoms with Crippen LogP contribution in [0.5, 0.6) is 0 Å². The van der Waals surface area contributed by atoms with Gasteiger partial charge in [-0.05, 0) is 61.3 Å². The van der Waals surface area contributed by atoms with Gasteiger partial charge in [0.05, 0.1) is 6.04 Å². The Balaban J connectivity index is 1.42. The molecule has 3 atom stereocenters. The van der Waals surface area contributed by atoms with Crippen molar-refractivity contribution in [3.63, 3.8) is 0 Å². The first kappa shape index (κ1) is 25.9. The Morgan fingerprint density at radius 3 is 2.56 bits per heavy atom. The Hall–Kier alpha value is -3.22. The van der Waals surface area contributed by atoms with E-state index in [2.05, 4.69) is 47.1 Å². The van der Waals surface area contributed by atoms with E-state index in [1.54, 1.807) is 0 Å². The molecule has 2 amide bonds. The molecule has 3 unspecified atom stereocenters. The van der Waals surface area contributed by atoms with E-state index in [0.717, 1.165) is 30.2 Å². The Kier molecular flexibility index (Phi) is 9.09. The largest absolute Gasteiger partial charge is 0.350 e. The number of nitrogens with one attached hydrogen (secondary N) is 3. The molecule has 6 nitrogen and oxygen atoms in total. The van der Waals surface area contributed by atoms with Crippen molar-refractivity contribution in [2.24, 2.45) is 0 Å². The lowest BCUT2D eigenvalue weighted by atomic mass is 9.95. The first-order chi connectivity index (χ1) is 17.6. The van der Waals surface area contributed by atoms with E-state index in [1.165, 1.54) is 5.56 Å². The predicted octanol–water partition coefficient (Wildman–Crippen LogP) is 3.93. The standard InChI is InChI=1S/C30H38N4O2/c1-3-22(23-9-5-4-6-10-23)21-34-18-16-27(33-28(30(34)36)15-17-31-2)20-32-29(35)26-14-13-24-11-7-8-12-25(24)19-26/h4-14,19,22,27-28,31,33H,3,15-18,20-21H2,1-2H3,(H,32,35). The van der Waals surface area contributed by atoms with E-state index < -0.39 is 0 Å². The molecule has 1 saturated heterocycles. The molecule has 0 saturated carbocycles. The van der Waals surface area contributed by atoms with Crippen molar-refractivity contribution < 1.29 is 9.59 Å². The summed E-state index contributed by atoms with van der Waals surface area (Å²) in [5, 5.41) is 12.0. The number of benzene rings is 3. The molecule has 0 aliphatic carbocycles. The third kappa shape index (κ3) is 6.50. The van der Waals surface area contributed by atoms with Crippen LogP contribution in [-0.4, -0.2) is 62.0 Å². The van der Waals surface area contributed by atoms with Crippen molar-refractivity contribution in [2.45, 2.75) is 44.2 Å². The molecule has 3 aromatic rings. The molecule has 0 aromatic heterocycles. The van der Waals surface area contributed by atoms with Crippen LogP contribution in [-0.2, 0) is 4.79 Å². The van der Waals surface area contributed by atoms with Crippen LogP contribution in [0.2, 0.25) is 0 Å². The Morgan fingerprint density at radius 1 is 1.06 bits per heavy atom. The van der Waals surface area contributed by atoms with Crippen LogP contribution in [0.4, 0.5) is 0 Å². The van der Waals surface area contributed by atoms with Gasteiger partial charge in [-0.15, -0.1) is 0 Å². The lowest BCUT2D eigenvalue weighted by molar-refractivity contribution is -0.133. The molecule has 1 aliphatic rings. The summed E-state index contributed by atoms with van der Waals surface area (Å²) >= 11 is 0. The summed E-state index contributed by atoms with van der Waals surface area (Å²) in [6, 6.07) is 24.0. The zero-order valence-electron chi connectivity index (χ0n) is 21.4. The number of rotatable bonds is 10. The maximum absolute atomic E-state index is 13.5. The zero-order valence-corrected chi connectivity index (χ0v) is 21.4. The number of amides is 2. The normalized spacial score (nSPS) is 19.2. The summed E-state index contributed by atoms with van der Waals surface area (Å²) in [6.45, 7) is 4.82. The van der Waals surface area contributed by atoms with Crippen molar-refractivity contribution in [2.75, 3.05) is 33.2 Å². The fourth-order valence-corrected chi connectivity index (χ4v) is 5.03. The van der Waals surface area contributed by atoms with Crippen molar-refractivity contribution >= 4 is 22.6 Å². The van der Waals surface area contributed by atoms with Crippen LogP contribution >= 0.6 is 0 Å². The van der Waals surface area contributed by atoms with Gasteiger partial charge in [0.2, 0.25) is 5.91 Å². The molecule has 6 heteroatoms. The van der Waals surface area contributed by atoms with Crippen LogP contribution in [0, 0.1) is 0 Å². The van der Waals surface area contributed by atoms with Gasteiger partial charge in [0.15, 0.2) is 0 Å². The third-order valence-corrected chi connectivity index (χ3v) is 7.20. The Morgan fingerprint density at radius 2 is 1.81 bits per heavy atom. The monoisotopic (exact) mass is 486 g/mol. The highest BCUT2D eigenvalue weighted by Gasteiger charge is 2.31. The topological polar surface area (TPSA) is 73.5 Å². The van der Waals surface area contributed by atoms with Crippen molar-refractivity contribution in [1.82, 2.24) is 20.9 Å². The van der Waals surface area contributed by atoms with E-state index in [1.807, 2.05) is 60.5 Å². The zero-order chi connectivity index (χ0) is 25.3. The van der Waals surface area contributed by atoms with Gasteiger partial charge in [0.25, 0.3) is 5.91 Å². The first-order valence-electron chi connectivity index (χ1n) is 13.1. The van der Waals surface area contributed by atoms with Gasteiger partial charge in [-0.2, -0.15) is 0 Å². The smallest absolute Gasteiger partial charge is 0.251 e. The fraction of sp³-hybridized carbons (Fsp3) is 0.400. The van der Waals surface area contributed by atoms with E-state index in [4.69, 9.17) is 0 Å². The molecule has 0 spiro atoms. The summed E-state index contributed by atoms with van der Waals surface area (Å²) in [5.74, 6) is 0.379. The van der Waals surface area contributed by atoms with Crippen molar-refractivity contribution in [3.8, 4) is 0 Å². The van der Waals surface area contributed by atoms with Crippen LogP contribution < -0.4 is 16.0 Å². The van der Waals surface area contributed by atoms with E-state index in [0.29, 0.717) is 37.5 Å². The van der Waals surface area contributed by atoms with Gasteiger partial charge in [-0.25, -0.2) is 0 Å². The number of carbonyl (C=O) groups is 2. The molecular weight excluding hydrogens is 448 g/mol. The maximum Gasteiger partial charge on any atom is 0.251 e. The lowest BCUT2D eigenvalue weighted by Crippen LogP contribution is -2.50. The van der Waals surface area contributed by atoms with Gasteiger partial charge in [-0.1, -0.05) is 67.6 Å². The minimum Gasteiger partial charge on any atom is -0.350 e. The van der Waals surface area contributed by atoms with Gasteiger partial charge < -0.3 is 20.9 Å². The summed E-state index contributed by atoms with van der Waals surface area (Å²) in [5.41, 5.74) is 1.93. The number of fused-ring (bicyclic) bond motifs is 1. The third-order valence-electron chi connectivity index (χ3n) is 7.20. The molecule has 190 valence electrons. The molecule has 1 heterocycles. The van der Waals surface area contributed by atoms with Gasteiger partial charge in [-0.3, -0.25) is 9.59 Å². The summed E-state index contributed by atoms with van der Waals surface area (Å²) in [7, 11) is 1.91. The molecule has 1 fully saturated rings. The van der Waals surface area contributed by atoms with Gasteiger partial charge in [0.1, 0.15) is 0 Å².